The van der Waals surface area contributed by atoms with Crippen LogP contribution in [0.25, 0.3) is 22.2 Å². The number of hydrogen-bond donors (Lipinski definition) is 2. The zero-order valence-electron chi connectivity index (χ0n) is 17.4. The molecule has 0 saturated heterocycles. The number of nitrogens with zero attached hydrogens (tertiary/aromatic N) is 3. The van der Waals surface area contributed by atoms with Gasteiger partial charge in [0, 0.05) is 36.8 Å². The Labute approximate surface area is 184 Å². The Bertz CT molecular complexity index is 1310. The second-order valence-corrected chi connectivity index (χ2v) is 7.38. The standard InChI is InChI=1S/C24H21N5O3/c1-29-14-18(21(28-29)17-11-12-26-19-10-6-5-9-16(17)19)24(32)27-20(22(30)23(25)31)13-15-7-3-2-4-8-15/h2-12,14,20H,13H2,1H3,(H2,25,31)(H,27,32). The number of fused-ring (bicyclic) bond motifs is 1. The lowest BCUT2D eigenvalue weighted by Gasteiger charge is -2.16. The van der Waals surface area contributed by atoms with E-state index in [9.17, 15) is 14.4 Å². The minimum atomic E-state index is -1.10. The maximum absolute atomic E-state index is 13.2. The molecule has 2 heterocycles. The molecule has 0 aliphatic rings. The van der Waals surface area contributed by atoms with Crippen molar-refractivity contribution >= 4 is 28.5 Å². The normalized spacial score (nSPS) is 11.8. The number of carbonyl (C=O) groups is 3. The molecule has 2 aromatic carbocycles. The van der Waals surface area contributed by atoms with Crippen molar-refractivity contribution in [3.63, 3.8) is 0 Å². The summed E-state index contributed by atoms with van der Waals surface area (Å²) in [6.07, 6.45) is 3.37. The van der Waals surface area contributed by atoms with Crippen LogP contribution >= 0.6 is 0 Å². The number of nitrogens with one attached hydrogen (secondary N) is 1. The first-order valence-electron chi connectivity index (χ1n) is 10.00. The summed E-state index contributed by atoms with van der Waals surface area (Å²) in [5, 5.41) is 8.00. The number of pyridine rings is 1. The van der Waals surface area contributed by atoms with Crippen molar-refractivity contribution in [1.82, 2.24) is 20.1 Å². The van der Waals surface area contributed by atoms with Crippen LogP contribution in [0.3, 0.4) is 0 Å². The molecule has 2 aromatic heterocycles. The van der Waals surface area contributed by atoms with E-state index in [0.29, 0.717) is 5.69 Å². The van der Waals surface area contributed by atoms with E-state index >= 15 is 0 Å². The predicted molar refractivity (Wildman–Crippen MR) is 120 cm³/mol. The Balaban J connectivity index is 1.70. The number of rotatable bonds is 7. The summed E-state index contributed by atoms with van der Waals surface area (Å²) in [7, 11) is 1.71. The highest BCUT2D eigenvalue weighted by atomic mass is 16.2. The van der Waals surface area contributed by atoms with Crippen LogP contribution in [-0.2, 0) is 23.1 Å². The van der Waals surface area contributed by atoms with Crippen molar-refractivity contribution in [3.05, 3.63) is 84.2 Å². The van der Waals surface area contributed by atoms with Crippen LogP contribution in [0.2, 0.25) is 0 Å². The fourth-order valence-corrected chi connectivity index (χ4v) is 3.62. The van der Waals surface area contributed by atoms with Crippen LogP contribution in [0, 0.1) is 0 Å². The van der Waals surface area contributed by atoms with Crippen molar-refractivity contribution in [1.29, 1.82) is 0 Å². The highest BCUT2D eigenvalue weighted by molar-refractivity contribution is 6.38. The molecule has 0 spiro atoms. The van der Waals surface area contributed by atoms with E-state index in [1.165, 1.54) is 4.68 Å². The van der Waals surface area contributed by atoms with Crippen LogP contribution in [0.5, 0.6) is 0 Å². The van der Waals surface area contributed by atoms with Gasteiger partial charge >= 0.3 is 0 Å². The van der Waals surface area contributed by atoms with Crippen LogP contribution in [-0.4, -0.2) is 38.4 Å². The SMILES string of the molecule is Cn1cc(C(=O)NC(Cc2ccccc2)C(=O)C(N)=O)c(-c2ccnc3ccccc23)n1. The quantitative estimate of drug-likeness (QED) is 0.437. The average Bonchev–Trinajstić information content (AvgIpc) is 3.20. The lowest BCUT2D eigenvalue weighted by atomic mass is 10.00. The first-order chi connectivity index (χ1) is 15.4. The van der Waals surface area contributed by atoms with Crippen molar-refractivity contribution in [2.24, 2.45) is 12.8 Å². The number of benzene rings is 2. The molecule has 3 N–H and O–H groups in total. The summed E-state index contributed by atoms with van der Waals surface area (Å²) in [4.78, 5) is 41.6. The maximum Gasteiger partial charge on any atom is 0.287 e. The van der Waals surface area contributed by atoms with Gasteiger partial charge in [-0.1, -0.05) is 48.5 Å². The van der Waals surface area contributed by atoms with Crippen LogP contribution in [0.15, 0.2) is 73.1 Å². The molecular formula is C24H21N5O3. The van der Waals surface area contributed by atoms with Gasteiger partial charge in [-0.25, -0.2) is 0 Å². The molecule has 0 aliphatic heterocycles. The van der Waals surface area contributed by atoms with Gasteiger partial charge in [0.1, 0.15) is 11.7 Å². The van der Waals surface area contributed by atoms with Gasteiger partial charge < -0.3 is 11.1 Å². The number of Topliss-reactive ketones (excluding diaryl/α,β-unsaturated/α-hetero) is 1. The lowest BCUT2D eigenvalue weighted by molar-refractivity contribution is -0.137. The van der Waals surface area contributed by atoms with Crippen LogP contribution in [0.4, 0.5) is 0 Å². The number of para-hydroxylation sites is 1. The Morgan fingerprint density at radius 2 is 1.75 bits per heavy atom. The van der Waals surface area contributed by atoms with Crippen molar-refractivity contribution < 1.29 is 14.4 Å². The molecule has 0 aliphatic carbocycles. The molecule has 0 fully saturated rings. The zero-order valence-corrected chi connectivity index (χ0v) is 17.4. The van der Waals surface area contributed by atoms with Crippen molar-refractivity contribution in [3.8, 4) is 11.3 Å². The van der Waals surface area contributed by atoms with Gasteiger partial charge in [0.05, 0.1) is 11.1 Å². The van der Waals surface area contributed by atoms with Gasteiger partial charge in [-0.3, -0.25) is 24.0 Å². The Morgan fingerprint density at radius 3 is 2.50 bits per heavy atom. The summed E-state index contributed by atoms with van der Waals surface area (Å²) in [5.74, 6) is -2.48. The van der Waals surface area contributed by atoms with Gasteiger partial charge in [-0.15, -0.1) is 0 Å². The molecule has 4 rings (SSSR count). The minimum absolute atomic E-state index is 0.141. The highest BCUT2D eigenvalue weighted by Gasteiger charge is 2.28. The van der Waals surface area contributed by atoms with E-state index in [-0.39, 0.29) is 12.0 Å². The summed E-state index contributed by atoms with van der Waals surface area (Å²) in [5.41, 5.74) is 8.26. The van der Waals surface area contributed by atoms with Gasteiger partial charge in [0.25, 0.3) is 11.8 Å². The predicted octanol–water partition coefficient (Wildman–Crippen LogP) is 2.03. The number of amides is 2. The third-order valence-electron chi connectivity index (χ3n) is 5.12. The number of nitrogens with two attached hydrogens (primary N) is 1. The number of primary amides is 1. The van der Waals surface area contributed by atoms with Crippen molar-refractivity contribution in [2.45, 2.75) is 12.5 Å². The van der Waals surface area contributed by atoms with Crippen molar-refractivity contribution in [2.75, 3.05) is 0 Å². The van der Waals surface area contributed by atoms with E-state index < -0.39 is 23.6 Å². The van der Waals surface area contributed by atoms with Crippen LogP contribution in [0.1, 0.15) is 15.9 Å². The molecule has 0 radical (unpaired) electrons. The second kappa shape index (κ2) is 8.81. The van der Waals surface area contributed by atoms with E-state index in [2.05, 4.69) is 15.4 Å². The average molecular weight is 427 g/mol. The number of hydrogen-bond acceptors (Lipinski definition) is 5. The molecular weight excluding hydrogens is 406 g/mol. The van der Waals surface area contributed by atoms with E-state index in [1.54, 1.807) is 25.5 Å². The second-order valence-electron chi connectivity index (χ2n) is 7.38. The molecule has 4 aromatic rings. The van der Waals surface area contributed by atoms with E-state index in [4.69, 9.17) is 5.73 Å². The summed E-state index contributed by atoms with van der Waals surface area (Å²) in [6.45, 7) is 0. The summed E-state index contributed by atoms with van der Waals surface area (Å²) < 4.78 is 1.53. The Kier molecular flexibility index (Phi) is 5.76. The molecule has 1 atom stereocenters. The van der Waals surface area contributed by atoms with Gasteiger partial charge in [0.2, 0.25) is 5.78 Å². The molecule has 1 unspecified atom stereocenters. The molecule has 8 nitrogen and oxygen atoms in total. The zero-order chi connectivity index (χ0) is 22.7. The largest absolute Gasteiger partial charge is 0.363 e. The molecule has 32 heavy (non-hydrogen) atoms. The summed E-state index contributed by atoms with van der Waals surface area (Å²) >= 11 is 0. The third kappa shape index (κ3) is 4.24. The molecule has 0 saturated carbocycles. The number of aromatic nitrogens is 3. The van der Waals surface area contributed by atoms with E-state index in [1.807, 2.05) is 54.6 Å². The molecule has 8 heteroatoms. The Hall–Kier alpha value is -4.33. The monoisotopic (exact) mass is 427 g/mol. The highest BCUT2D eigenvalue weighted by Crippen LogP contribution is 2.28. The van der Waals surface area contributed by atoms with Crippen LogP contribution < -0.4 is 11.1 Å². The van der Waals surface area contributed by atoms with E-state index in [0.717, 1.165) is 22.0 Å². The first-order valence-corrected chi connectivity index (χ1v) is 10.00. The number of ketones is 1. The summed E-state index contributed by atoms with van der Waals surface area (Å²) in [6, 6.07) is 17.3. The Morgan fingerprint density at radius 1 is 1.03 bits per heavy atom. The third-order valence-corrected chi connectivity index (χ3v) is 5.12. The van der Waals surface area contributed by atoms with Gasteiger partial charge in [-0.05, 0) is 17.7 Å². The van der Waals surface area contributed by atoms with Gasteiger partial charge in [0.15, 0.2) is 0 Å². The number of aryl methyl sites for hydroxylation is 1. The topological polar surface area (TPSA) is 120 Å². The fourth-order valence-electron chi connectivity index (χ4n) is 3.62. The maximum atomic E-state index is 13.2. The molecule has 2 amide bonds. The minimum Gasteiger partial charge on any atom is -0.363 e. The number of carbonyl (C=O) groups excluding carboxylic acids is 3. The fraction of sp³-hybridized carbons (Fsp3) is 0.125. The van der Waals surface area contributed by atoms with Gasteiger partial charge in [-0.2, -0.15) is 5.10 Å². The smallest absolute Gasteiger partial charge is 0.287 e. The molecule has 0 bridgehead atoms. The first kappa shape index (κ1) is 20.9. The lowest BCUT2D eigenvalue weighted by Crippen LogP contribution is -2.47. The molecule has 160 valence electrons.